The third kappa shape index (κ3) is 1.82. The number of hydrogen-bond acceptors (Lipinski definition) is 2. The molecule has 0 unspecified atom stereocenters. The molecule has 1 aliphatic heterocycles. The quantitative estimate of drug-likeness (QED) is 0.593. The minimum absolute atomic E-state index is 0.795. The zero-order valence-corrected chi connectivity index (χ0v) is 6.21. The van der Waals surface area contributed by atoms with E-state index >= 15 is 0 Å². The first-order valence-electron chi connectivity index (χ1n) is 3.76. The van der Waals surface area contributed by atoms with Crippen molar-refractivity contribution in [3.63, 3.8) is 0 Å². The highest BCUT2D eigenvalue weighted by atomic mass is 16.5. The molecule has 0 bridgehead atoms. The highest BCUT2D eigenvalue weighted by Crippen LogP contribution is 2.23. The van der Waals surface area contributed by atoms with E-state index in [2.05, 4.69) is 6.58 Å². The summed E-state index contributed by atoms with van der Waals surface area (Å²) in [7, 11) is 0. The number of hydroxylamine groups is 2. The average molecular weight is 140 g/mol. The van der Waals surface area contributed by atoms with Gasteiger partial charge in [-0.05, 0) is 19.3 Å². The maximum atomic E-state index is 9.25. The van der Waals surface area contributed by atoms with Gasteiger partial charge in [-0.1, -0.05) is 12.5 Å². The van der Waals surface area contributed by atoms with Gasteiger partial charge in [-0.25, -0.2) is 0 Å². The van der Waals surface area contributed by atoms with E-state index in [4.69, 9.17) is 0 Å². The van der Waals surface area contributed by atoms with E-state index in [9.17, 15) is 5.21 Å². The van der Waals surface area contributed by atoms with E-state index in [0.717, 1.165) is 31.8 Å². The van der Waals surface area contributed by atoms with Gasteiger partial charge in [0.2, 0.25) is 0 Å². The summed E-state index contributed by atoms with van der Waals surface area (Å²) in [6.07, 6.45) is 6.01. The lowest BCUT2D eigenvalue weighted by molar-refractivity contribution is -0.0990. The van der Waals surface area contributed by atoms with Gasteiger partial charge in [-0.2, -0.15) is 5.06 Å². The van der Waals surface area contributed by atoms with Gasteiger partial charge in [0.1, 0.15) is 0 Å². The molecule has 10 heavy (non-hydrogen) atoms. The normalized spacial score (nSPS) is 22.9. The molecule has 2 nitrogen and oxygen atoms in total. The zero-order chi connectivity index (χ0) is 7.40. The van der Waals surface area contributed by atoms with Gasteiger partial charge >= 0.3 is 0 Å². The van der Waals surface area contributed by atoms with Gasteiger partial charge in [0.05, 0.1) is 6.04 Å². The van der Waals surface area contributed by atoms with Crippen LogP contribution in [0, 0.1) is 6.04 Å². The molecule has 1 N–H and O–H groups in total. The van der Waals surface area contributed by atoms with Crippen molar-refractivity contribution in [2.75, 3.05) is 6.54 Å². The molecule has 1 rings (SSSR count). The highest BCUT2D eigenvalue weighted by Gasteiger charge is 2.19. The summed E-state index contributed by atoms with van der Waals surface area (Å²) in [5, 5.41) is 10.6. The molecule has 0 aromatic rings. The van der Waals surface area contributed by atoms with Crippen LogP contribution in [0.4, 0.5) is 0 Å². The topological polar surface area (TPSA) is 23.5 Å². The van der Waals surface area contributed by atoms with Crippen LogP contribution in [0.2, 0.25) is 0 Å². The molecular weight excluding hydrogens is 126 g/mol. The molecular formula is C8H14NO. The van der Waals surface area contributed by atoms with E-state index in [0.29, 0.717) is 0 Å². The highest BCUT2D eigenvalue weighted by molar-refractivity contribution is 4.94. The zero-order valence-electron chi connectivity index (χ0n) is 6.21. The molecule has 0 aromatic heterocycles. The van der Waals surface area contributed by atoms with Crippen LogP contribution >= 0.6 is 0 Å². The smallest absolute Gasteiger partial charge is 0.0703 e. The van der Waals surface area contributed by atoms with Gasteiger partial charge in [0.15, 0.2) is 0 Å². The van der Waals surface area contributed by atoms with Crippen molar-refractivity contribution in [1.29, 1.82) is 0 Å². The Balaban J connectivity index is 2.32. The molecule has 0 amide bonds. The third-order valence-electron chi connectivity index (χ3n) is 1.83. The van der Waals surface area contributed by atoms with Gasteiger partial charge in [0.25, 0.3) is 0 Å². The van der Waals surface area contributed by atoms with Crippen LogP contribution in [0.25, 0.3) is 0 Å². The van der Waals surface area contributed by atoms with Crippen molar-refractivity contribution in [3.8, 4) is 0 Å². The summed E-state index contributed by atoms with van der Waals surface area (Å²) >= 11 is 0. The molecule has 0 saturated carbocycles. The van der Waals surface area contributed by atoms with Crippen molar-refractivity contribution >= 4 is 0 Å². The predicted octanol–water partition coefficient (Wildman–Crippen LogP) is 1.97. The molecule has 1 aliphatic rings. The van der Waals surface area contributed by atoms with Crippen molar-refractivity contribution in [3.05, 3.63) is 18.7 Å². The second kappa shape index (κ2) is 3.74. The maximum Gasteiger partial charge on any atom is 0.0703 e. The van der Waals surface area contributed by atoms with Crippen LogP contribution in [-0.4, -0.2) is 16.8 Å². The summed E-state index contributed by atoms with van der Waals surface area (Å²) in [5.41, 5.74) is 0. The summed E-state index contributed by atoms with van der Waals surface area (Å²) < 4.78 is 0. The van der Waals surface area contributed by atoms with Crippen molar-refractivity contribution in [1.82, 2.24) is 5.06 Å². The molecule has 1 saturated heterocycles. The standard InChI is InChI=1S/C8H14NO/c1-2-5-8-6-3-4-7-9(8)10/h2,10H,1,3-7H2. The lowest BCUT2D eigenvalue weighted by Crippen LogP contribution is -2.29. The SMILES string of the molecule is C=CC[C]1CCCCN1O. The molecule has 57 valence electrons. The Morgan fingerprint density at radius 1 is 1.60 bits per heavy atom. The second-order valence-electron chi connectivity index (χ2n) is 2.64. The first-order chi connectivity index (χ1) is 4.84. The van der Waals surface area contributed by atoms with E-state index in [1.54, 1.807) is 0 Å². The molecule has 1 radical (unpaired) electrons. The largest absolute Gasteiger partial charge is 0.313 e. The Bertz CT molecular complexity index is 114. The number of nitrogens with zero attached hydrogens (tertiary/aromatic N) is 1. The first-order valence-corrected chi connectivity index (χ1v) is 3.76. The summed E-state index contributed by atoms with van der Waals surface area (Å²) in [6.45, 7) is 4.43. The maximum absolute atomic E-state index is 9.25. The van der Waals surface area contributed by atoms with E-state index < -0.39 is 0 Å². The van der Waals surface area contributed by atoms with Crippen molar-refractivity contribution in [2.24, 2.45) is 0 Å². The molecule has 0 spiro atoms. The minimum Gasteiger partial charge on any atom is -0.313 e. The summed E-state index contributed by atoms with van der Waals surface area (Å²) in [4.78, 5) is 0. The fraction of sp³-hybridized carbons (Fsp3) is 0.625. The fourth-order valence-corrected chi connectivity index (χ4v) is 1.25. The Hall–Kier alpha value is -0.340. The van der Waals surface area contributed by atoms with Crippen LogP contribution < -0.4 is 0 Å². The Kier molecular flexibility index (Phi) is 2.90. The van der Waals surface area contributed by atoms with Gasteiger partial charge in [-0.3, -0.25) is 0 Å². The van der Waals surface area contributed by atoms with Gasteiger partial charge in [-0.15, -0.1) is 6.58 Å². The molecule has 0 aliphatic carbocycles. The molecule has 1 heterocycles. The Morgan fingerprint density at radius 3 is 3.00 bits per heavy atom. The first kappa shape index (κ1) is 7.76. The van der Waals surface area contributed by atoms with Crippen LogP contribution in [0.15, 0.2) is 12.7 Å². The molecule has 1 fully saturated rings. The molecule has 2 heteroatoms. The fourth-order valence-electron chi connectivity index (χ4n) is 1.25. The predicted molar refractivity (Wildman–Crippen MR) is 40.4 cm³/mol. The Morgan fingerprint density at radius 2 is 2.40 bits per heavy atom. The summed E-state index contributed by atoms with van der Waals surface area (Å²) in [5.74, 6) is 0. The van der Waals surface area contributed by atoms with E-state index in [1.807, 2.05) is 6.08 Å². The average Bonchev–Trinajstić information content (AvgIpc) is 1.94. The molecule has 0 aromatic carbocycles. The minimum atomic E-state index is 0.795. The number of rotatable bonds is 2. The third-order valence-corrected chi connectivity index (χ3v) is 1.83. The van der Waals surface area contributed by atoms with E-state index in [-0.39, 0.29) is 0 Å². The van der Waals surface area contributed by atoms with Crippen LogP contribution in [-0.2, 0) is 0 Å². The van der Waals surface area contributed by atoms with Crippen LogP contribution in [0.1, 0.15) is 25.7 Å². The number of hydrogen-bond donors (Lipinski definition) is 1. The lowest BCUT2D eigenvalue weighted by atomic mass is 10.0. The second-order valence-corrected chi connectivity index (χ2v) is 2.64. The van der Waals surface area contributed by atoms with Gasteiger partial charge in [0, 0.05) is 6.54 Å². The summed E-state index contributed by atoms with van der Waals surface area (Å²) in [6, 6.07) is 1.11. The van der Waals surface area contributed by atoms with Gasteiger partial charge < -0.3 is 5.21 Å². The Labute approximate surface area is 62.1 Å². The lowest BCUT2D eigenvalue weighted by Gasteiger charge is -2.28. The molecule has 0 atom stereocenters. The number of piperidine rings is 1. The van der Waals surface area contributed by atoms with Crippen LogP contribution in [0.5, 0.6) is 0 Å². The van der Waals surface area contributed by atoms with Crippen molar-refractivity contribution < 1.29 is 5.21 Å². The van der Waals surface area contributed by atoms with E-state index in [1.165, 1.54) is 11.5 Å². The monoisotopic (exact) mass is 140 g/mol. The van der Waals surface area contributed by atoms with Crippen molar-refractivity contribution in [2.45, 2.75) is 25.7 Å². The van der Waals surface area contributed by atoms with Crippen LogP contribution in [0.3, 0.4) is 0 Å².